The first-order valence-corrected chi connectivity index (χ1v) is 7.59. The number of nitrogens with zero attached hydrogens (tertiary/aromatic N) is 2. The Bertz CT molecular complexity index is 432. The molecular formula is C16H25N3. The number of nitrogen functional groups attached to an aromatic ring is 1. The molecule has 2 N–H and O–H groups in total. The van der Waals surface area contributed by atoms with Crippen molar-refractivity contribution in [2.75, 3.05) is 25.4 Å². The Hall–Kier alpha value is -1.06. The van der Waals surface area contributed by atoms with Crippen molar-refractivity contribution in [2.24, 2.45) is 0 Å². The van der Waals surface area contributed by atoms with Crippen molar-refractivity contribution in [1.82, 2.24) is 9.80 Å². The van der Waals surface area contributed by atoms with Gasteiger partial charge >= 0.3 is 0 Å². The lowest BCUT2D eigenvalue weighted by Crippen LogP contribution is -2.38. The van der Waals surface area contributed by atoms with Crippen molar-refractivity contribution in [3.8, 4) is 0 Å². The summed E-state index contributed by atoms with van der Waals surface area (Å²) >= 11 is 0. The molecule has 2 heterocycles. The Morgan fingerprint density at radius 3 is 2.84 bits per heavy atom. The third-order valence-electron chi connectivity index (χ3n) is 4.78. The lowest BCUT2D eigenvalue weighted by atomic mass is 10.1. The quantitative estimate of drug-likeness (QED) is 0.846. The number of rotatable bonds is 3. The topological polar surface area (TPSA) is 32.5 Å². The smallest absolute Gasteiger partial charge is 0.0317 e. The molecule has 3 nitrogen and oxygen atoms in total. The van der Waals surface area contributed by atoms with E-state index in [4.69, 9.17) is 5.73 Å². The molecule has 3 rings (SSSR count). The molecule has 3 heteroatoms. The van der Waals surface area contributed by atoms with E-state index in [0.717, 1.165) is 24.3 Å². The van der Waals surface area contributed by atoms with Crippen molar-refractivity contribution in [2.45, 2.75) is 44.8 Å². The number of likely N-dealkylation sites (N-methyl/N-ethyl adjacent to an activating group) is 1. The lowest BCUT2D eigenvalue weighted by molar-refractivity contribution is 0.179. The summed E-state index contributed by atoms with van der Waals surface area (Å²) in [5.74, 6) is 0. The molecule has 0 spiro atoms. The van der Waals surface area contributed by atoms with Crippen LogP contribution in [0.5, 0.6) is 0 Å². The summed E-state index contributed by atoms with van der Waals surface area (Å²) in [6.45, 7) is 7.05. The monoisotopic (exact) mass is 259 g/mol. The molecule has 0 saturated carbocycles. The molecule has 0 aromatic heterocycles. The van der Waals surface area contributed by atoms with E-state index in [0.29, 0.717) is 0 Å². The largest absolute Gasteiger partial charge is 0.399 e. The number of benzene rings is 1. The van der Waals surface area contributed by atoms with Gasteiger partial charge in [0.25, 0.3) is 0 Å². The van der Waals surface area contributed by atoms with Gasteiger partial charge in [0.05, 0.1) is 0 Å². The van der Waals surface area contributed by atoms with Gasteiger partial charge < -0.3 is 10.6 Å². The molecule has 2 saturated heterocycles. The Morgan fingerprint density at radius 2 is 2.05 bits per heavy atom. The van der Waals surface area contributed by atoms with Crippen LogP contribution in [-0.2, 0) is 6.54 Å². The number of likely N-dealkylation sites (tertiary alicyclic amines) is 1. The fourth-order valence-electron chi connectivity index (χ4n) is 3.69. The van der Waals surface area contributed by atoms with Crippen LogP contribution < -0.4 is 5.73 Å². The number of fused-ring (bicyclic) bond motifs is 2. The lowest BCUT2D eigenvalue weighted by Gasteiger charge is -2.28. The average molecular weight is 259 g/mol. The highest BCUT2D eigenvalue weighted by Crippen LogP contribution is 2.31. The number of hydrogen-bond acceptors (Lipinski definition) is 3. The van der Waals surface area contributed by atoms with Gasteiger partial charge in [-0.15, -0.1) is 0 Å². The molecule has 0 amide bonds. The second kappa shape index (κ2) is 5.51. The predicted molar refractivity (Wildman–Crippen MR) is 79.9 cm³/mol. The Balaban J connectivity index is 1.73. The zero-order valence-corrected chi connectivity index (χ0v) is 11.9. The van der Waals surface area contributed by atoms with E-state index in [1.165, 1.54) is 44.5 Å². The summed E-state index contributed by atoms with van der Waals surface area (Å²) in [6, 6.07) is 9.90. The molecule has 1 aromatic carbocycles. The summed E-state index contributed by atoms with van der Waals surface area (Å²) in [6.07, 6.45) is 4.07. The third kappa shape index (κ3) is 2.77. The highest BCUT2D eigenvalue weighted by molar-refractivity contribution is 5.40. The van der Waals surface area contributed by atoms with Gasteiger partial charge in [0.2, 0.25) is 0 Å². The van der Waals surface area contributed by atoms with Crippen LogP contribution in [0.4, 0.5) is 5.69 Å². The molecule has 0 radical (unpaired) electrons. The van der Waals surface area contributed by atoms with E-state index >= 15 is 0 Å². The average Bonchev–Trinajstić information content (AvgIpc) is 2.65. The van der Waals surface area contributed by atoms with Gasteiger partial charge in [-0.1, -0.05) is 19.1 Å². The van der Waals surface area contributed by atoms with Gasteiger partial charge in [-0.05, 0) is 50.0 Å². The van der Waals surface area contributed by atoms with Crippen molar-refractivity contribution in [1.29, 1.82) is 0 Å². The first-order chi connectivity index (χ1) is 9.26. The SMILES string of the molecule is CCN1CCC2CCC(C1)N2Cc1cccc(N)c1. The molecule has 0 aliphatic carbocycles. The van der Waals surface area contributed by atoms with Gasteiger partial charge in [0.1, 0.15) is 0 Å². The van der Waals surface area contributed by atoms with Crippen LogP contribution in [-0.4, -0.2) is 41.5 Å². The van der Waals surface area contributed by atoms with Crippen molar-refractivity contribution in [3.63, 3.8) is 0 Å². The minimum absolute atomic E-state index is 0.744. The van der Waals surface area contributed by atoms with Crippen molar-refractivity contribution >= 4 is 5.69 Å². The molecule has 2 fully saturated rings. The van der Waals surface area contributed by atoms with E-state index in [9.17, 15) is 0 Å². The minimum Gasteiger partial charge on any atom is -0.399 e. The van der Waals surface area contributed by atoms with Gasteiger partial charge in [-0.3, -0.25) is 4.90 Å². The molecule has 2 bridgehead atoms. The second-order valence-electron chi connectivity index (χ2n) is 5.98. The maximum absolute atomic E-state index is 5.90. The molecule has 1 aromatic rings. The summed E-state index contributed by atoms with van der Waals surface area (Å²) < 4.78 is 0. The van der Waals surface area contributed by atoms with Crippen LogP contribution in [0.2, 0.25) is 0 Å². The minimum atomic E-state index is 0.744. The third-order valence-corrected chi connectivity index (χ3v) is 4.78. The molecule has 2 aliphatic rings. The Kier molecular flexibility index (Phi) is 3.76. The van der Waals surface area contributed by atoms with Crippen LogP contribution in [0, 0.1) is 0 Å². The maximum Gasteiger partial charge on any atom is 0.0317 e. The zero-order chi connectivity index (χ0) is 13.2. The summed E-state index contributed by atoms with van der Waals surface area (Å²) in [7, 11) is 0. The van der Waals surface area contributed by atoms with E-state index in [2.05, 4.69) is 34.9 Å². The van der Waals surface area contributed by atoms with Gasteiger partial charge in [0.15, 0.2) is 0 Å². The van der Waals surface area contributed by atoms with Crippen LogP contribution in [0.25, 0.3) is 0 Å². The molecule has 19 heavy (non-hydrogen) atoms. The van der Waals surface area contributed by atoms with E-state index in [1.54, 1.807) is 0 Å². The molecule has 2 atom stereocenters. The van der Waals surface area contributed by atoms with Crippen LogP contribution in [0.3, 0.4) is 0 Å². The number of hydrogen-bond donors (Lipinski definition) is 1. The van der Waals surface area contributed by atoms with Gasteiger partial charge in [-0.25, -0.2) is 0 Å². The summed E-state index contributed by atoms with van der Waals surface area (Å²) in [5.41, 5.74) is 8.14. The number of nitrogens with two attached hydrogens (primary N) is 1. The predicted octanol–water partition coefficient (Wildman–Crippen LogP) is 2.33. The summed E-state index contributed by atoms with van der Waals surface area (Å²) in [5, 5.41) is 0. The van der Waals surface area contributed by atoms with Crippen LogP contribution in [0.1, 0.15) is 31.7 Å². The van der Waals surface area contributed by atoms with E-state index in [-0.39, 0.29) is 0 Å². The first kappa shape index (κ1) is 12.9. The number of anilines is 1. The molecule has 2 unspecified atom stereocenters. The normalized spacial score (nSPS) is 28.5. The standard InChI is InChI=1S/C16H25N3/c1-2-18-9-8-15-6-7-16(12-18)19(15)11-13-4-3-5-14(17)10-13/h3-5,10,15-16H,2,6-9,11-12,17H2,1H3. The summed E-state index contributed by atoms with van der Waals surface area (Å²) in [4.78, 5) is 5.33. The van der Waals surface area contributed by atoms with Crippen molar-refractivity contribution in [3.05, 3.63) is 29.8 Å². The Labute approximate surface area is 116 Å². The van der Waals surface area contributed by atoms with Gasteiger partial charge in [-0.2, -0.15) is 0 Å². The van der Waals surface area contributed by atoms with E-state index < -0.39 is 0 Å². The van der Waals surface area contributed by atoms with Crippen molar-refractivity contribution < 1.29 is 0 Å². The highest BCUT2D eigenvalue weighted by Gasteiger charge is 2.36. The van der Waals surface area contributed by atoms with Crippen LogP contribution in [0.15, 0.2) is 24.3 Å². The zero-order valence-electron chi connectivity index (χ0n) is 11.9. The van der Waals surface area contributed by atoms with E-state index in [1.807, 2.05) is 6.07 Å². The first-order valence-electron chi connectivity index (χ1n) is 7.59. The van der Waals surface area contributed by atoms with Gasteiger partial charge in [0, 0.05) is 30.9 Å². The highest BCUT2D eigenvalue weighted by atomic mass is 15.3. The van der Waals surface area contributed by atoms with Crippen LogP contribution >= 0.6 is 0 Å². The fourth-order valence-corrected chi connectivity index (χ4v) is 3.69. The maximum atomic E-state index is 5.90. The fraction of sp³-hybridized carbons (Fsp3) is 0.625. The molecule has 104 valence electrons. The molecule has 2 aliphatic heterocycles. The molecular weight excluding hydrogens is 234 g/mol. The second-order valence-corrected chi connectivity index (χ2v) is 5.98. The Morgan fingerprint density at radius 1 is 1.21 bits per heavy atom.